The molecule has 3 heteroatoms. The minimum Gasteiger partial charge on any atom is -0.354 e. The summed E-state index contributed by atoms with van der Waals surface area (Å²) in [7, 11) is 0. The van der Waals surface area contributed by atoms with Gasteiger partial charge in [-0.2, -0.15) is 0 Å². The van der Waals surface area contributed by atoms with Crippen molar-refractivity contribution in [1.82, 2.24) is 9.88 Å². The summed E-state index contributed by atoms with van der Waals surface area (Å²) in [6.45, 7) is 9.09. The monoisotopic (exact) mass is 219 g/mol. The van der Waals surface area contributed by atoms with E-state index < -0.39 is 0 Å². The van der Waals surface area contributed by atoms with Crippen LogP contribution in [0.4, 0.5) is 5.82 Å². The molecule has 0 aromatic carbocycles. The highest BCUT2D eigenvalue weighted by Gasteiger charge is 2.20. The number of piperazine rings is 1. The van der Waals surface area contributed by atoms with E-state index in [1.54, 1.807) is 0 Å². The Balaban J connectivity index is 1.91. The van der Waals surface area contributed by atoms with Gasteiger partial charge in [-0.1, -0.05) is 13.0 Å². The summed E-state index contributed by atoms with van der Waals surface area (Å²) in [5, 5.41) is 0. The molecule has 1 aliphatic heterocycles. The highest BCUT2D eigenvalue weighted by molar-refractivity contribution is 5.38. The molecule has 0 spiro atoms. The van der Waals surface area contributed by atoms with Crippen LogP contribution in [-0.4, -0.2) is 42.1 Å². The minimum atomic E-state index is 0.714. The average molecular weight is 219 g/mol. The summed E-state index contributed by atoms with van der Waals surface area (Å²) in [5.74, 6) is 1.12. The molecular weight excluding hydrogens is 198 g/mol. The van der Waals surface area contributed by atoms with E-state index in [-0.39, 0.29) is 0 Å². The van der Waals surface area contributed by atoms with Crippen molar-refractivity contribution in [2.75, 3.05) is 31.1 Å². The number of aromatic nitrogens is 1. The molecule has 1 atom stereocenters. The van der Waals surface area contributed by atoms with Crippen molar-refractivity contribution in [3.8, 4) is 0 Å². The lowest BCUT2D eigenvalue weighted by Crippen LogP contribution is -2.49. The minimum absolute atomic E-state index is 0.714. The first kappa shape index (κ1) is 11.4. The van der Waals surface area contributed by atoms with Crippen LogP contribution in [0.3, 0.4) is 0 Å². The Morgan fingerprint density at radius 3 is 2.56 bits per heavy atom. The molecule has 3 nitrogen and oxygen atoms in total. The van der Waals surface area contributed by atoms with Crippen LogP contribution in [0.5, 0.6) is 0 Å². The summed E-state index contributed by atoms with van der Waals surface area (Å²) in [6.07, 6.45) is 3.11. The van der Waals surface area contributed by atoms with E-state index in [1.807, 2.05) is 12.3 Å². The van der Waals surface area contributed by atoms with Gasteiger partial charge in [0.25, 0.3) is 0 Å². The smallest absolute Gasteiger partial charge is 0.128 e. The maximum Gasteiger partial charge on any atom is 0.128 e. The van der Waals surface area contributed by atoms with Crippen molar-refractivity contribution in [3.05, 3.63) is 24.4 Å². The van der Waals surface area contributed by atoms with Gasteiger partial charge in [-0.3, -0.25) is 4.90 Å². The van der Waals surface area contributed by atoms with E-state index in [0.717, 1.165) is 32.0 Å². The zero-order valence-corrected chi connectivity index (χ0v) is 10.3. The van der Waals surface area contributed by atoms with Gasteiger partial charge in [-0.15, -0.1) is 0 Å². The Labute approximate surface area is 98.1 Å². The third-order valence-corrected chi connectivity index (χ3v) is 3.50. The molecule has 1 unspecified atom stereocenters. The molecule has 88 valence electrons. The molecule has 1 aliphatic rings. The molecule has 0 bridgehead atoms. The Kier molecular flexibility index (Phi) is 3.78. The summed E-state index contributed by atoms with van der Waals surface area (Å²) in [6, 6.07) is 6.84. The topological polar surface area (TPSA) is 19.4 Å². The van der Waals surface area contributed by atoms with Gasteiger partial charge in [0, 0.05) is 38.4 Å². The fraction of sp³-hybridized carbons (Fsp3) is 0.615. The molecule has 0 aliphatic carbocycles. The predicted molar refractivity (Wildman–Crippen MR) is 67.8 cm³/mol. The van der Waals surface area contributed by atoms with Crippen molar-refractivity contribution in [1.29, 1.82) is 0 Å². The number of hydrogen-bond donors (Lipinski definition) is 0. The second-order valence-corrected chi connectivity index (χ2v) is 4.47. The number of nitrogens with zero attached hydrogens (tertiary/aromatic N) is 3. The zero-order chi connectivity index (χ0) is 11.4. The summed E-state index contributed by atoms with van der Waals surface area (Å²) in [4.78, 5) is 9.34. The first-order chi connectivity index (χ1) is 7.81. The van der Waals surface area contributed by atoms with E-state index in [4.69, 9.17) is 0 Å². The lowest BCUT2D eigenvalue weighted by Gasteiger charge is -2.38. The van der Waals surface area contributed by atoms with Crippen molar-refractivity contribution in [3.63, 3.8) is 0 Å². The SMILES string of the molecule is CCC(C)N1CCN(c2ccccn2)CC1. The largest absolute Gasteiger partial charge is 0.354 e. The second kappa shape index (κ2) is 5.30. The summed E-state index contributed by atoms with van der Waals surface area (Å²) < 4.78 is 0. The van der Waals surface area contributed by atoms with Crippen LogP contribution in [0.1, 0.15) is 20.3 Å². The van der Waals surface area contributed by atoms with E-state index in [2.05, 4.69) is 40.8 Å². The third-order valence-electron chi connectivity index (χ3n) is 3.50. The first-order valence-electron chi connectivity index (χ1n) is 6.21. The normalized spacial score (nSPS) is 19.8. The average Bonchev–Trinajstić information content (AvgIpc) is 2.39. The standard InChI is InChI=1S/C13H21N3/c1-3-12(2)15-8-10-16(11-9-15)13-6-4-5-7-14-13/h4-7,12H,3,8-11H2,1-2H3. The van der Waals surface area contributed by atoms with Gasteiger partial charge in [0.05, 0.1) is 0 Å². The van der Waals surface area contributed by atoms with Crippen LogP contribution in [0, 0.1) is 0 Å². The van der Waals surface area contributed by atoms with Gasteiger partial charge in [0.15, 0.2) is 0 Å². The molecule has 1 saturated heterocycles. The Morgan fingerprint density at radius 2 is 2.00 bits per heavy atom. The molecule has 1 fully saturated rings. The number of rotatable bonds is 3. The number of anilines is 1. The lowest BCUT2D eigenvalue weighted by molar-refractivity contribution is 0.192. The molecule has 2 rings (SSSR count). The highest BCUT2D eigenvalue weighted by atomic mass is 15.3. The van der Waals surface area contributed by atoms with Crippen molar-refractivity contribution < 1.29 is 0 Å². The van der Waals surface area contributed by atoms with Crippen LogP contribution < -0.4 is 4.90 Å². The molecule has 2 heterocycles. The van der Waals surface area contributed by atoms with E-state index in [1.165, 1.54) is 6.42 Å². The molecule has 0 saturated carbocycles. The first-order valence-corrected chi connectivity index (χ1v) is 6.21. The van der Waals surface area contributed by atoms with Gasteiger partial charge < -0.3 is 4.90 Å². The molecule has 1 aromatic heterocycles. The highest BCUT2D eigenvalue weighted by Crippen LogP contribution is 2.14. The molecule has 16 heavy (non-hydrogen) atoms. The van der Waals surface area contributed by atoms with Gasteiger partial charge >= 0.3 is 0 Å². The Bertz CT molecular complexity index is 304. The summed E-state index contributed by atoms with van der Waals surface area (Å²) in [5.41, 5.74) is 0. The maximum absolute atomic E-state index is 4.40. The second-order valence-electron chi connectivity index (χ2n) is 4.47. The van der Waals surface area contributed by atoms with Gasteiger partial charge in [0.2, 0.25) is 0 Å². The van der Waals surface area contributed by atoms with Gasteiger partial charge in [0.1, 0.15) is 5.82 Å². The number of hydrogen-bond acceptors (Lipinski definition) is 3. The van der Waals surface area contributed by atoms with Gasteiger partial charge in [-0.05, 0) is 25.5 Å². The quantitative estimate of drug-likeness (QED) is 0.775. The number of pyridine rings is 1. The molecular formula is C13H21N3. The van der Waals surface area contributed by atoms with Crippen LogP contribution in [0.2, 0.25) is 0 Å². The fourth-order valence-corrected chi connectivity index (χ4v) is 2.19. The van der Waals surface area contributed by atoms with E-state index in [9.17, 15) is 0 Å². The van der Waals surface area contributed by atoms with Crippen molar-refractivity contribution >= 4 is 5.82 Å². The molecule has 1 aromatic rings. The van der Waals surface area contributed by atoms with Crippen LogP contribution in [0.25, 0.3) is 0 Å². The van der Waals surface area contributed by atoms with E-state index in [0.29, 0.717) is 6.04 Å². The van der Waals surface area contributed by atoms with Crippen LogP contribution in [-0.2, 0) is 0 Å². The fourth-order valence-electron chi connectivity index (χ4n) is 2.19. The Hall–Kier alpha value is -1.09. The molecule has 0 amide bonds. The molecule has 0 radical (unpaired) electrons. The molecule has 0 N–H and O–H groups in total. The van der Waals surface area contributed by atoms with Crippen LogP contribution in [0.15, 0.2) is 24.4 Å². The van der Waals surface area contributed by atoms with E-state index >= 15 is 0 Å². The van der Waals surface area contributed by atoms with Crippen molar-refractivity contribution in [2.45, 2.75) is 26.3 Å². The van der Waals surface area contributed by atoms with Crippen LogP contribution >= 0.6 is 0 Å². The van der Waals surface area contributed by atoms with Crippen molar-refractivity contribution in [2.24, 2.45) is 0 Å². The third kappa shape index (κ3) is 2.53. The lowest BCUT2D eigenvalue weighted by atomic mass is 10.2. The predicted octanol–water partition coefficient (Wildman–Crippen LogP) is 2.00. The maximum atomic E-state index is 4.40. The summed E-state index contributed by atoms with van der Waals surface area (Å²) >= 11 is 0. The Morgan fingerprint density at radius 1 is 1.25 bits per heavy atom. The zero-order valence-electron chi connectivity index (χ0n) is 10.3. The van der Waals surface area contributed by atoms with Gasteiger partial charge in [-0.25, -0.2) is 4.98 Å².